The first-order valence-electron chi connectivity index (χ1n) is 6.99. The van der Waals surface area contributed by atoms with Crippen LogP contribution in [0.3, 0.4) is 0 Å². The van der Waals surface area contributed by atoms with Crippen molar-refractivity contribution in [2.75, 3.05) is 26.3 Å². The van der Waals surface area contributed by atoms with Gasteiger partial charge in [-0.15, -0.1) is 0 Å². The normalized spacial score (nSPS) is 40.0. The molecule has 0 aromatic rings. The highest BCUT2D eigenvalue weighted by molar-refractivity contribution is 5.14. The topological polar surface area (TPSA) is 47.7 Å². The minimum Gasteiger partial charge on any atom is -0.379 e. The minimum absolute atomic E-state index is 0.0836. The number of nitrogens with zero attached hydrogens (tertiary/aromatic N) is 1. The van der Waals surface area contributed by atoms with E-state index in [0.29, 0.717) is 12.6 Å². The Labute approximate surface area is 111 Å². The largest absolute Gasteiger partial charge is 0.379 e. The molecular weight excluding hydrogens is 228 g/mol. The van der Waals surface area contributed by atoms with E-state index in [1.54, 1.807) is 0 Å². The van der Waals surface area contributed by atoms with Gasteiger partial charge in [-0.1, -0.05) is 0 Å². The summed E-state index contributed by atoms with van der Waals surface area (Å²) >= 11 is 0. The van der Waals surface area contributed by atoms with E-state index in [0.717, 1.165) is 26.2 Å². The van der Waals surface area contributed by atoms with Crippen LogP contribution in [-0.4, -0.2) is 54.0 Å². The highest BCUT2D eigenvalue weighted by Gasteiger charge is 2.60. The predicted molar refractivity (Wildman–Crippen MR) is 72.6 cm³/mol. The number of rotatable bonds is 2. The lowest BCUT2D eigenvalue weighted by Gasteiger charge is -2.51. The van der Waals surface area contributed by atoms with Crippen LogP contribution in [0, 0.1) is 0 Å². The highest BCUT2D eigenvalue weighted by Crippen LogP contribution is 2.48. The summed E-state index contributed by atoms with van der Waals surface area (Å²) in [7, 11) is 0. The summed E-state index contributed by atoms with van der Waals surface area (Å²) < 4.78 is 11.8. The second-order valence-electron chi connectivity index (χ2n) is 6.90. The molecular formula is C14H28N2O2. The van der Waals surface area contributed by atoms with Crippen molar-refractivity contribution >= 4 is 0 Å². The third-order valence-corrected chi connectivity index (χ3v) is 4.63. The van der Waals surface area contributed by atoms with Crippen molar-refractivity contribution in [1.29, 1.82) is 0 Å². The van der Waals surface area contributed by atoms with E-state index in [1.165, 1.54) is 0 Å². The molecule has 0 saturated carbocycles. The fourth-order valence-electron chi connectivity index (χ4n) is 3.98. The number of morpholine rings is 1. The fraction of sp³-hybridized carbons (Fsp3) is 1.00. The molecule has 2 aliphatic heterocycles. The number of ether oxygens (including phenoxy) is 2. The first kappa shape index (κ1) is 14.3. The number of hydrogen-bond acceptors (Lipinski definition) is 4. The van der Waals surface area contributed by atoms with Crippen LogP contribution in [0.2, 0.25) is 0 Å². The average Bonchev–Trinajstić information content (AvgIpc) is 2.44. The summed E-state index contributed by atoms with van der Waals surface area (Å²) in [5, 5.41) is 0. The Balaban J connectivity index is 2.35. The van der Waals surface area contributed by atoms with Gasteiger partial charge in [0, 0.05) is 19.1 Å². The van der Waals surface area contributed by atoms with Crippen LogP contribution >= 0.6 is 0 Å². The molecule has 106 valence electrons. The summed E-state index contributed by atoms with van der Waals surface area (Å²) in [5.41, 5.74) is 5.78. The highest BCUT2D eigenvalue weighted by atomic mass is 16.5. The van der Waals surface area contributed by atoms with E-state index in [4.69, 9.17) is 15.2 Å². The van der Waals surface area contributed by atoms with Crippen molar-refractivity contribution in [2.45, 2.75) is 63.8 Å². The van der Waals surface area contributed by atoms with E-state index < -0.39 is 0 Å². The molecule has 0 spiro atoms. The molecule has 18 heavy (non-hydrogen) atoms. The Morgan fingerprint density at radius 3 is 2.39 bits per heavy atom. The lowest BCUT2D eigenvalue weighted by Crippen LogP contribution is -2.68. The van der Waals surface area contributed by atoms with Crippen LogP contribution < -0.4 is 5.73 Å². The molecule has 2 N–H and O–H groups in total. The first-order chi connectivity index (χ1) is 8.24. The average molecular weight is 256 g/mol. The van der Waals surface area contributed by atoms with Crippen molar-refractivity contribution in [3.8, 4) is 0 Å². The lowest BCUT2D eigenvalue weighted by atomic mass is 9.76. The molecule has 2 atom stereocenters. The third kappa shape index (κ3) is 2.09. The van der Waals surface area contributed by atoms with Gasteiger partial charge < -0.3 is 15.2 Å². The van der Waals surface area contributed by atoms with E-state index >= 15 is 0 Å². The van der Waals surface area contributed by atoms with Crippen molar-refractivity contribution in [2.24, 2.45) is 5.73 Å². The molecule has 0 bridgehead atoms. The van der Waals surface area contributed by atoms with Gasteiger partial charge in [0.25, 0.3) is 0 Å². The zero-order chi connectivity index (χ0) is 13.6. The van der Waals surface area contributed by atoms with E-state index in [-0.39, 0.29) is 16.7 Å². The van der Waals surface area contributed by atoms with Gasteiger partial charge in [0.2, 0.25) is 0 Å². The maximum absolute atomic E-state index is 6.28. The van der Waals surface area contributed by atoms with Crippen LogP contribution in [0.4, 0.5) is 0 Å². The molecule has 0 aromatic heterocycles. The second kappa shape index (κ2) is 4.44. The van der Waals surface area contributed by atoms with E-state index in [1.807, 2.05) is 0 Å². The summed E-state index contributed by atoms with van der Waals surface area (Å²) in [4.78, 5) is 2.52. The summed E-state index contributed by atoms with van der Waals surface area (Å²) in [5.74, 6) is 0. The van der Waals surface area contributed by atoms with Crippen molar-refractivity contribution in [3.05, 3.63) is 0 Å². The fourth-order valence-corrected chi connectivity index (χ4v) is 3.98. The Morgan fingerprint density at radius 1 is 1.28 bits per heavy atom. The number of hydrogen-bond donors (Lipinski definition) is 1. The van der Waals surface area contributed by atoms with Gasteiger partial charge in [-0.05, 0) is 41.0 Å². The number of nitrogens with two attached hydrogens (primary N) is 1. The maximum Gasteiger partial charge on any atom is 0.0830 e. The molecule has 2 aliphatic rings. The second-order valence-corrected chi connectivity index (χ2v) is 6.90. The summed E-state index contributed by atoms with van der Waals surface area (Å²) in [6.45, 7) is 14.1. The summed E-state index contributed by atoms with van der Waals surface area (Å²) in [6, 6.07) is 0.402. The zero-order valence-corrected chi connectivity index (χ0v) is 12.5. The van der Waals surface area contributed by atoms with Crippen LogP contribution in [-0.2, 0) is 9.47 Å². The molecule has 2 saturated heterocycles. The van der Waals surface area contributed by atoms with Gasteiger partial charge in [0.1, 0.15) is 0 Å². The van der Waals surface area contributed by atoms with E-state index in [9.17, 15) is 0 Å². The van der Waals surface area contributed by atoms with Crippen LogP contribution in [0.1, 0.15) is 41.0 Å². The Bertz CT molecular complexity index is 317. The summed E-state index contributed by atoms with van der Waals surface area (Å²) in [6.07, 6.45) is 0.980. The lowest BCUT2D eigenvalue weighted by molar-refractivity contribution is -0.130. The smallest absolute Gasteiger partial charge is 0.0830 e. The predicted octanol–water partition coefficient (Wildman–Crippen LogP) is 1.38. The molecule has 4 nitrogen and oxygen atoms in total. The van der Waals surface area contributed by atoms with Crippen LogP contribution in [0.5, 0.6) is 0 Å². The molecule has 4 heteroatoms. The van der Waals surface area contributed by atoms with Crippen molar-refractivity contribution in [1.82, 2.24) is 4.90 Å². The minimum atomic E-state index is -0.225. The van der Waals surface area contributed by atoms with Gasteiger partial charge in [-0.3, -0.25) is 4.90 Å². The molecule has 2 rings (SSSR count). The Morgan fingerprint density at radius 2 is 1.94 bits per heavy atom. The first-order valence-corrected chi connectivity index (χ1v) is 6.99. The molecule has 0 radical (unpaired) electrons. The quantitative estimate of drug-likeness (QED) is 0.811. The molecule has 2 fully saturated rings. The van der Waals surface area contributed by atoms with Gasteiger partial charge in [-0.25, -0.2) is 0 Å². The standard InChI is InChI=1S/C14H28N2O2/c1-11-8-17-7-6-16(11)14(10-15)9-12(2,3)18-13(14,4)5/h11H,6-10,15H2,1-5H3. The molecule has 2 heterocycles. The van der Waals surface area contributed by atoms with E-state index in [2.05, 4.69) is 39.5 Å². The monoisotopic (exact) mass is 256 g/mol. The molecule has 0 aromatic carbocycles. The maximum atomic E-state index is 6.28. The molecule has 2 unspecified atom stereocenters. The van der Waals surface area contributed by atoms with Crippen molar-refractivity contribution < 1.29 is 9.47 Å². The third-order valence-electron chi connectivity index (χ3n) is 4.63. The SMILES string of the molecule is CC1COCCN1C1(CN)CC(C)(C)OC1(C)C. The van der Waals surface area contributed by atoms with Crippen LogP contribution in [0.25, 0.3) is 0 Å². The molecule has 0 amide bonds. The van der Waals surface area contributed by atoms with Gasteiger partial charge in [-0.2, -0.15) is 0 Å². The van der Waals surface area contributed by atoms with Gasteiger partial charge >= 0.3 is 0 Å². The zero-order valence-electron chi connectivity index (χ0n) is 12.5. The Kier molecular flexibility index (Phi) is 3.52. The van der Waals surface area contributed by atoms with Crippen LogP contribution in [0.15, 0.2) is 0 Å². The van der Waals surface area contributed by atoms with Gasteiger partial charge in [0.15, 0.2) is 0 Å². The van der Waals surface area contributed by atoms with Crippen molar-refractivity contribution in [3.63, 3.8) is 0 Å². The Hall–Kier alpha value is -0.160. The molecule has 0 aliphatic carbocycles. The van der Waals surface area contributed by atoms with Gasteiger partial charge in [0.05, 0.1) is 30.0 Å².